The zero-order valence-electron chi connectivity index (χ0n) is 15.7. The molecule has 0 unspecified atom stereocenters. The van der Waals surface area contributed by atoms with Gasteiger partial charge in [-0.05, 0) is 6.42 Å². The first-order valence-electron chi connectivity index (χ1n) is 8.63. The van der Waals surface area contributed by atoms with Gasteiger partial charge in [-0.1, -0.05) is 19.8 Å². The van der Waals surface area contributed by atoms with E-state index < -0.39 is 22.8 Å². The molecule has 3 aromatic rings. The molecule has 0 aromatic carbocycles. The number of ether oxygens (including phenoxy) is 1. The largest absolute Gasteiger partial charge is 0.464 e. The summed E-state index contributed by atoms with van der Waals surface area (Å²) in [7, 11) is 4.08. The molecule has 3 heterocycles. The van der Waals surface area contributed by atoms with E-state index in [1.807, 2.05) is 6.92 Å². The van der Waals surface area contributed by atoms with Crippen LogP contribution < -0.4 is 16.8 Å². The average molecular weight is 375 g/mol. The highest BCUT2D eigenvalue weighted by molar-refractivity contribution is 5.91. The van der Waals surface area contributed by atoms with Crippen LogP contribution in [0.2, 0.25) is 0 Å². The van der Waals surface area contributed by atoms with Gasteiger partial charge in [0.2, 0.25) is 5.78 Å². The Labute approximate surface area is 153 Å². The zero-order chi connectivity index (χ0) is 19.9. The molecule has 0 saturated heterocycles. The highest BCUT2D eigenvalue weighted by Crippen LogP contribution is 2.18. The fourth-order valence-electron chi connectivity index (χ4n) is 3.25. The summed E-state index contributed by atoms with van der Waals surface area (Å²) in [6, 6.07) is 1.04. The molecular weight excluding hydrogens is 354 g/mol. The van der Waals surface area contributed by atoms with E-state index in [-0.39, 0.29) is 22.6 Å². The normalized spacial score (nSPS) is 11.4. The molecule has 0 aliphatic rings. The van der Waals surface area contributed by atoms with Gasteiger partial charge in [0.25, 0.3) is 11.1 Å². The van der Waals surface area contributed by atoms with Crippen molar-refractivity contribution < 1.29 is 9.53 Å². The Hall–Kier alpha value is -3.17. The minimum absolute atomic E-state index is 0.0880. The Balaban J connectivity index is 2.60. The van der Waals surface area contributed by atoms with Crippen molar-refractivity contribution in [3.63, 3.8) is 0 Å². The summed E-state index contributed by atoms with van der Waals surface area (Å²) in [5, 5.41) is 0. The number of methoxy groups -OCH3 is 1. The molecule has 10 nitrogen and oxygen atoms in total. The summed E-state index contributed by atoms with van der Waals surface area (Å²) in [5.41, 5.74) is -1.37. The molecule has 10 heteroatoms. The van der Waals surface area contributed by atoms with Crippen molar-refractivity contribution in [2.45, 2.75) is 32.7 Å². The van der Waals surface area contributed by atoms with Crippen LogP contribution in [0.15, 0.2) is 20.4 Å². The lowest BCUT2D eigenvalue weighted by Crippen LogP contribution is -2.37. The van der Waals surface area contributed by atoms with Crippen molar-refractivity contribution in [3.8, 4) is 0 Å². The van der Waals surface area contributed by atoms with Crippen molar-refractivity contribution in [1.29, 1.82) is 0 Å². The maximum atomic E-state index is 12.9. The van der Waals surface area contributed by atoms with Crippen LogP contribution in [0.1, 0.15) is 36.7 Å². The lowest BCUT2D eigenvalue weighted by atomic mass is 10.2. The lowest BCUT2D eigenvalue weighted by molar-refractivity contribution is 0.0592. The second kappa shape index (κ2) is 6.86. The van der Waals surface area contributed by atoms with Crippen LogP contribution >= 0.6 is 0 Å². The maximum absolute atomic E-state index is 12.9. The van der Waals surface area contributed by atoms with Gasteiger partial charge in [0.1, 0.15) is 5.69 Å². The van der Waals surface area contributed by atoms with Crippen LogP contribution in [0.25, 0.3) is 16.9 Å². The number of hydrogen-bond acceptors (Lipinski definition) is 6. The number of carbonyl (C=O) groups is 1. The third-order valence-corrected chi connectivity index (χ3v) is 4.62. The quantitative estimate of drug-likeness (QED) is 0.459. The molecule has 27 heavy (non-hydrogen) atoms. The number of imidazole rings is 1. The first kappa shape index (κ1) is 18.6. The third kappa shape index (κ3) is 2.77. The van der Waals surface area contributed by atoms with Crippen LogP contribution in [0.4, 0.5) is 0 Å². The number of fused-ring (bicyclic) bond motifs is 3. The Kier molecular flexibility index (Phi) is 4.73. The van der Waals surface area contributed by atoms with E-state index in [2.05, 4.69) is 4.98 Å². The smallest absolute Gasteiger partial charge is 0.355 e. The van der Waals surface area contributed by atoms with Crippen LogP contribution in [0, 0.1) is 0 Å². The van der Waals surface area contributed by atoms with Crippen molar-refractivity contribution >= 4 is 22.9 Å². The predicted octanol–water partition coefficient (Wildman–Crippen LogP) is 0.0234. The van der Waals surface area contributed by atoms with E-state index in [9.17, 15) is 19.2 Å². The molecule has 0 N–H and O–H groups in total. The molecule has 144 valence electrons. The van der Waals surface area contributed by atoms with Gasteiger partial charge in [0.05, 0.1) is 7.11 Å². The number of carbonyl (C=O) groups excluding carboxylic acids is 1. The van der Waals surface area contributed by atoms with E-state index in [4.69, 9.17) is 4.74 Å². The second-order valence-electron chi connectivity index (χ2n) is 6.34. The summed E-state index contributed by atoms with van der Waals surface area (Å²) in [6.45, 7) is 2.47. The molecule has 0 aliphatic heterocycles. The fraction of sp³-hybridized carbons (Fsp3) is 0.471. The summed E-state index contributed by atoms with van der Waals surface area (Å²) < 4.78 is 9.97. The van der Waals surface area contributed by atoms with Crippen molar-refractivity contribution in [3.05, 3.63) is 43.0 Å². The summed E-state index contributed by atoms with van der Waals surface area (Å²) in [5.74, 6) is -0.627. The van der Waals surface area contributed by atoms with Gasteiger partial charge in [-0.15, -0.1) is 0 Å². The van der Waals surface area contributed by atoms with E-state index in [1.165, 1.54) is 30.2 Å². The van der Waals surface area contributed by atoms with Crippen LogP contribution in [-0.2, 0) is 25.4 Å². The molecule has 0 aliphatic carbocycles. The molecule has 0 atom stereocenters. The van der Waals surface area contributed by atoms with Crippen LogP contribution in [0.5, 0.6) is 0 Å². The Morgan fingerprint density at radius 1 is 1.15 bits per heavy atom. The maximum Gasteiger partial charge on any atom is 0.355 e. The molecule has 0 bridgehead atoms. The van der Waals surface area contributed by atoms with Crippen molar-refractivity contribution in [2.24, 2.45) is 14.1 Å². The number of esters is 1. The first-order valence-corrected chi connectivity index (χ1v) is 8.63. The Bertz CT molecular complexity index is 1230. The van der Waals surface area contributed by atoms with Crippen molar-refractivity contribution in [1.82, 2.24) is 23.1 Å². The fourth-order valence-corrected chi connectivity index (χ4v) is 3.25. The molecule has 0 amide bonds. The average Bonchev–Trinajstić information content (AvgIpc) is 2.97. The molecule has 0 spiro atoms. The number of aryl methyl sites for hydroxylation is 2. The number of unbranched alkanes of at least 4 members (excludes halogenated alkanes) is 2. The highest BCUT2D eigenvalue weighted by atomic mass is 16.5. The standard InChI is InChI=1S/C17H21N5O5/c1-5-6-7-8-21-12-13(19(2)17(26)20(3)14(12)24)22-10(15(25)27-4)9-11(23)18-16(21)22/h9H,5-8H2,1-4H3. The minimum Gasteiger partial charge on any atom is -0.464 e. The number of rotatable bonds is 5. The monoisotopic (exact) mass is 375 g/mol. The van der Waals surface area contributed by atoms with Gasteiger partial charge in [0.15, 0.2) is 11.2 Å². The van der Waals surface area contributed by atoms with Gasteiger partial charge in [-0.2, -0.15) is 4.98 Å². The van der Waals surface area contributed by atoms with Gasteiger partial charge in [-0.3, -0.25) is 23.1 Å². The van der Waals surface area contributed by atoms with E-state index >= 15 is 0 Å². The van der Waals surface area contributed by atoms with Gasteiger partial charge >= 0.3 is 11.7 Å². The van der Waals surface area contributed by atoms with E-state index in [0.717, 1.165) is 29.9 Å². The van der Waals surface area contributed by atoms with Crippen molar-refractivity contribution in [2.75, 3.05) is 7.11 Å². The second-order valence-corrected chi connectivity index (χ2v) is 6.34. The first-order chi connectivity index (χ1) is 12.8. The Morgan fingerprint density at radius 2 is 1.85 bits per heavy atom. The van der Waals surface area contributed by atoms with Gasteiger partial charge in [0, 0.05) is 26.7 Å². The molecule has 0 saturated carbocycles. The minimum atomic E-state index is -0.759. The summed E-state index contributed by atoms with van der Waals surface area (Å²) in [4.78, 5) is 53.6. The predicted molar refractivity (Wildman–Crippen MR) is 98.3 cm³/mol. The van der Waals surface area contributed by atoms with Crippen LogP contribution in [0.3, 0.4) is 0 Å². The van der Waals surface area contributed by atoms with E-state index in [1.54, 1.807) is 4.57 Å². The Morgan fingerprint density at radius 3 is 2.48 bits per heavy atom. The number of hydrogen-bond donors (Lipinski definition) is 0. The van der Waals surface area contributed by atoms with Gasteiger partial charge in [-0.25, -0.2) is 9.59 Å². The molecule has 0 radical (unpaired) electrons. The summed E-state index contributed by atoms with van der Waals surface area (Å²) >= 11 is 0. The molecule has 3 rings (SSSR count). The highest BCUT2D eigenvalue weighted by Gasteiger charge is 2.24. The number of aromatic nitrogens is 5. The van der Waals surface area contributed by atoms with Gasteiger partial charge < -0.3 is 9.30 Å². The molecular formula is C17H21N5O5. The number of nitrogens with zero attached hydrogens (tertiary/aromatic N) is 5. The van der Waals surface area contributed by atoms with E-state index in [0.29, 0.717) is 6.54 Å². The zero-order valence-corrected chi connectivity index (χ0v) is 15.7. The van der Waals surface area contributed by atoms with Crippen LogP contribution in [-0.4, -0.2) is 36.2 Å². The summed E-state index contributed by atoms with van der Waals surface area (Å²) in [6.07, 6.45) is 2.63. The SMILES string of the molecule is CCCCCn1c2c(=O)n(C)c(=O)n(C)c2n2c(C(=O)OC)cc(=O)nc12. The molecule has 0 fully saturated rings. The third-order valence-electron chi connectivity index (χ3n) is 4.62. The molecule has 3 aromatic heterocycles. The topological polar surface area (TPSA) is 110 Å². The lowest BCUT2D eigenvalue weighted by Gasteiger charge is -2.07.